The first-order chi connectivity index (χ1) is 10.2. The first-order valence-corrected chi connectivity index (χ1v) is 6.88. The second kappa shape index (κ2) is 5.83. The number of carbonyl (C=O) groups excluding carboxylic acids is 2. The van der Waals surface area contributed by atoms with E-state index >= 15 is 0 Å². The fourth-order valence-electron chi connectivity index (χ4n) is 2.46. The number of rotatable bonds is 4. The van der Waals surface area contributed by atoms with Gasteiger partial charge in [-0.1, -0.05) is 18.2 Å². The Hall–Kier alpha value is -2.56. The molecule has 2 aromatic rings. The van der Waals surface area contributed by atoms with Gasteiger partial charge in [0.2, 0.25) is 11.8 Å². The molecule has 1 aliphatic rings. The maximum Gasteiger partial charge on any atom is 0.229 e. The molecule has 1 N–H and O–H groups in total. The number of hydrogen-bond donors (Lipinski definition) is 1. The average molecular weight is 284 g/mol. The molecule has 1 aromatic carbocycles. The summed E-state index contributed by atoms with van der Waals surface area (Å²) >= 11 is 0. The van der Waals surface area contributed by atoms with Crippen LogP contribution in [0.4, 0.5) is 5.69 Å². The topological polar surface area (TPSA) is 62.6 Å². The van der Waals surface area contributed by atoms with Crippen LogP contribution in [0.5, 0.6) is 0 Å². The summed E-state index contributed by atoms with van der Waals surface area (Å²) in [5, 5.41) is 2.84. The van der Waals surface area contributed by atoms with E-state index in [2.05, 4.69) is 5.32 Å². The largest absolute Gasteiger partial charge is 0.467 e. The monoisotopic (exact) mass is 284 g/mol. The Labute approximate surface area is 122 Å². The number of amides is 2. The Morgan fingerprint density at radius 2 is 2.05 bits per heavy atom. The third-order valence-electron chi connectivity index (χ3n) is 3.55. The van der Waals surface area contributed by atoms with Crippen LogP contribution in [-0.4, -0.2) is 23.3 Å². The molecule has 0 bridgehead atoms. The standard InChI is InChI=1S/C16H16N2O3/c19-15-9-12(10-18(15)11-14-7-4-8-21-14)16(20)17-13-5-2-1-3-6-13/h1-8,12H,9-11H2,(H,17,20). The van der Waals surface area contributed by atoms with Crippen LogP contribution in [0.2, 0.25) is 0 Å². The van der Waals surface area contributed by atoms with Crippen LogP contribution in [-0.2, 0) is 16.1 Å². The minimum absolute atomic E-state index is 0.0142. The first kappa shape index (κ1) is 13.4. The molecule has 0 radical (unpaired) electrons. The number of furan rings is 1. The van der Waals surface area contributed by atoms with Gasteiger partial charge in [0.05, 0.1) is 18.7 Å². The molecule has 1 fully saturated rings. The molecular weight excluding hydrogens is 268 g/mol. The van der Waals surface area contributed by atoms with Gasteiger partial charge >= 0.3 is 0 Å². The lowest BCUT2D eigenvalue weighted by Gasteiger charge is -2.15. The van der Waals surface area contributed by atoms with Crippen LogP contribution >= 0.6 is 0 Å². The number of benzene rings is 1. The fourth-order valence-corrected chi connectivity index (χ4v) is 2.46. The van der Waals surface area contributed by atoms with Crippen LogP contribution in [0.1, 0.15) is 12.2 Å². The van der Waals surface area contributed by atoms with Gasteiger partial charge in [-0.25, -0.2) is 0 Å². The van der Waals surface area contributed by atoms with Crippen molar-refractivity contribution in [2.24, 2.45) is 5.92 Å². The van der Waals surface area contributed by atoms with Crippen LogP contribution in [0.3, 0.4) is 0 Å². The van der Waals surface area contributed by atoms with Crippen LogP contribution in [0.15, 0.2) is 53.1 Å². The highest BCUT2D eigenvalue weighted by molar-refractivity contribution is 5.97. The van der Waals surface area contributed by atoms with E-state index in [0.29, 0.717) is 13.1 Å². The molecule has 2 heterocycles. The molecule has 3 rings (SSSR count). The number of para-hydroxylation sites is 1. The maximum atomic E-state index is 12.2. The van der Waals surface area contributed by atoms with Crippen molar-refractivity contribution < 1.29 is 14.0 Å². The quantitative estimate of drug-likeness (QED) is 0.936. The Kier molecular flexibility index (Phi) is 3.73. The summed E-state index contributed by atoms with van der Waals surface area (Å²) < 4.78 is 5.24. The number of nitrogens with zero attached hydrogens (tertiary/aromatic N) is 1. The van der Waals surface area contributed by atoms with E-state index < -0.39 is 0 Å². The van der Waals surface area contributed by atoms with Gasteiger partial charge in [0.25, 0.3) is 0 Å². The highest BCUT2D eigenvalue weighted by atomic mass is 16.3. The van der Waals surface area contributed by atoms with Gasteiger partial charge in [-0.3, -0.25) is 9.59 Å². The number of hydrogen-bond acceptors (Lipinski definition) is 3. The molecule has 21 heavy (non-hydrogen) atoms. The number of nitrogens with one attached hydrogen (secondary N) is 1. The lowest BCUT2D eigenvalue weighted by molar-refractivity contribution is -0.128. The van der Waals surface area contributed by atoms with Crippen molar-refractivity contribution in [3.05, 3.63) is 54.5 Å². The van der Waals surface area contributed by atoms with Crippen LogP contribution < -0.4 is 5.32 Å². The van der Waals surface area contributed by atoms with E-state index in [1.807, 2.05) is 36.4 Å². The van der Waals surface area contributed by atoms with Gasteiger partial charge in [0.15, 0.2) is 0 Å². The zero-order chi connectivity index (χ0) is 14.7. The molecule has 1 unspecified atom stereocenters. The van der Waals surface area contributed by atoms with Crippen LogP contribution in [0, 0.1) is 5.92 Å². The molecule has 5 nitrogen and oxygen atoms in total. The Morgan fingerprint density at radius 1 is 1.24 bits per heavy atom. The summed E-state index contributed by atoms with van der Waals surface area (Å²) in [6, 6.07) is 12.9. The van der Waals surface area contributed by atoms with E-state index in [9.17, 15) is 9.59 Å². The Balaban J connectivity index is 1.60. The minimum atomic E-state index is -0.312. The third kappa shape index (κ3) is 3.13. The summed E-state index contributed by atoms with van der Waals surface area (Å²) in [5.74, 6) is 0.288. The van der Waals surface area contributed by atoms with Crippen molar-refractivity contribution >= 4 is 17.5 Å². The fraction of sp³-hybridized carbons (Fsp3) is 0.250. The summed E-state index contributed by atoms with van der Waals surface area (Å²) in [6.07, 6.45) is 1.83. The maximum absolute atomic E-state index is 12.2. The normalized spacial score (nSPS) is 18.0. The molecule has 0 aliphatic carbocycles. The summed E-state index contributed by atoms with van der Waals surface area (Å²) in [7, 11) is 0. The highest BCUT2D eigenvalue weighted by Gasteiger charge is 2.34. The smallest absolute Gasteiger partial charge is 0.229 e. The molecule has 0 saturated carbocycles. The van der Waals surface area contributed by atoms with Gasteiger partial charge in [-0.15, -0.1) is 0 Å². The van der Waals surface area contributed by atoms with Crippen molar-refractivity contribution in [1.82, 2.24) is 4.90 Å². The van der Waals surface area contributed by atoms with E-state index in [0.717, 1.165) is 11.4 Å². The van der Waals surface area contributed by atoms with E-state index in [-0.39, 0.29) is 24.2 Å². The van der Waals surface area contributed by atoms with Crippen LogP contribution in [0.25, 0.3) is 0 Å². The number of likely N-dealkylation sites (tertiary alicyclic amines) is 1. The minimum Gasteiger partial charge on any atom is -0.467 e. The van der Waals surface area contributed by atoms with Gasteiger partial charge in [-0.2, -0.15) is 0 Å². The summed E-state index contributed by atoms with van der Waals surface area (Å²) in [4.78, 5) is 25.8. The zero-order valence-electron chi connectivity index (χ0n) is 11.5. The number of anilines is 1. The molecule has 2 amide bonds. The highest BCUT2D eigenvalue weighted by Crippen LogP contribution is 2.22. The SMILES string of the molecule is O=C(Nc1ccccc1)C1CC(=O)N(Cc2ccco2)C1. The van der Waals surface area contributed by atoms with Crippen molar-refractivity contribution in [3.63, 3.8) is 0 Å². The summed E-state index contributed by atoms with van der Waals surface area (Å²) in [6.45, 7) is 0.846. The van der Waals surface area contributed by atoms with Crippen molar-refractivity contribution in [2.45, 2.75) is 13.0 Å². The molecule has 0 spiro atoms. The van der Waals surface area contributed by atoms with Crippen molar-refractivity contribution in [1.29, 1.82) is 0 Å². The second-order valence-corrected chi connectivity index (χ2v) is 5.11. The summed E-state index contributed by atoms with van der Waals surface area (Å²) in [5.41, 5.74) is 0.749. The average Bonchev–Trinajstić information content (AvgIpc) is 3.11. The predicted molar refractivity (Wildman–Crippen MR) is 77.3 cm³/mol. The van der Waals surface area contributed by atoms with E-state index in [1.54, 1.807) is 17.2 Å². The molecule has 1 saturated heterocycles. The zero-order valence-corrected chi connectivity index (χ0v) is 11.5. The van der Waals surface area contributed by atoms with E-state index in [4.69, 9.17) is 4.42 Å². The van der Waals surface area contributed by atoms with Gasteiger partial charge in [-0.05, 0) is 24.3 Å². The second-order valence-electron chi connectivity index (χ2n) is 5.11. The van der Waals surface area contributed by atoms with Crippen molar-refractivity contribution in [2.75, 3.05) is 11.9 Å². The van der Waals surface area contributed by atoms with Gasteiger partial charge in [0, 0.05) is 18.7 Å². The molecular formula is C16H16N2O3. The third-order valence-corrected chi connectivity index (χ3v) is 3.55. The lowest BCUT2D eigenvalue weighted by atomic mass is 10.1. The number of carbonyl (C=O) groups is 2. The Morgan fingerprint density at radius 3 is 2.76 bits per heavy atom. The van der Waals surface area contributed by atoms with Gasteiger partial charge < -0.3 is 14.6 Å². The molecule has 1 atom stereocenters. The van der Waals surface area contributed by atoms with Gasteiger partial charge in [0.1, 0.15) is 5.76 Å². The molecule has 5 heteroatoms. The molecule has 108 valence electrons. The first-order valence-electron chi connectivity index (χ1n) is 6.88. The predicted octanol–water partition coefficient (Wildman–Crippen LogP) is 2.27. The molecule has 1 aromatic heterocycles. The molecule has 1 aliphatic heterocycles. The Bertz CT molecular complexity index is 622. The van der Waals surface area contributed by atoms with E-state index in [1.165, 1.54) is 0 Å². The van der Waals surface area contributed by atoms with Crippen molar-refractivity contribution in [3.8, 4) is 0 Å². The lowest BCUT2D eigenvalue weighted by Crippen LogP contribution is -2.27.